The minimum atomic E-state index is -1.40. The molecule has 28 heavy (non-hydrogen) atoms. The number of ether oxygens (including phenoxy) is 1. The second kappa shape index (κ2) is 7.26. The Bertz CT molecular complexity index is 1020. The molecule has 2 aromatic carbocycles. The molecule has 0 amide bonds. The number of nitrogens with two attached hydrogens (primary N) is 1. The van der Waals surface area contributed by atoms with Gasteiger partial charge in [0.15, 0.2) is 0 Å². The first-order chi connectivity index (χ1) is 13.1. The van der Waals surface area contributed by atoms with Gasteiger partial charge in [-0.15, -0.1) is 0 Å². The fraction of sp³-hybridized carbons (Fsp3) is 0.286. The lowest BCUT2D eigenvalue weighted by Crippen LogP contribution is -2.32. The number of halogens is 1. The average molecular weight is 387 g/mol. The van der Waals surface area contributed by atoms with Crippen LogP contribution in [0.5, 0.6) is 5.75 Å². The summed E-state index contributed by atoms with van der Waals surface area (Å²) in [7, 11) is 0. The maximum atomic E-state index is 13.3. The molecule has 0 saturated heterocycles. The standard InChI is InChI=1S/C21H22FNO5/c1-11(2)27-17-8-14-16(9-15(17)21(3,26)10-23)28-19(18(14)20(24)25)12-4-6-13(22)7-5-12/h4-9,11,26H,10,23H2,1-3H3,(H,24,25). The summed E-state index contributed by atoms with van der Waals surface area (Å²) in [5.74, 6) is -1.20. The van der Waals surface area contributed by atoms with Crippen LogP contribution in [-0.4, -0.2) is 28.8 Å². The Morgan fingerprint density at radius 1 is 1.29 bits per heavy atom. The van der Waals surface area contributed by atoms with E-state index in [4.69, 9.17) is 14.9 Å². The van der Waals surface area contributed by atoms with E-state index in [-0.39, 0.29) is 29.6 Å². The van der Waals surface area contributed by atoms with Gasteiger partial charge in [0.2, 0.25) is 0 Å². The summed E-state index contributed by atoms with van der Waals surface area (Å²) in [5.41, 5.74) is 5.33. The summed E-state index contributed by atoms with van der Waals surface area (Å²) < 4.78 is 24.9. The van der Waals surface area contributed by atoms with Crippen LogP contribution in [0.25, 0.3) is 22.3 Å². The van der Waals surface area contributed by atoms with Crippen molar-refractivity contribution in [2.45, 2.75) is 32.5 Å². The van der Waals surface area contributed by atoms with Gasteiger partial charge in [0.1, 0.15) is 34.1 Å². The summed E-state index contributed by atoms with van der Waals surface area (Å²) in [6.45, 7) is 5.12. The van der Waals surface area contributed by atoms with Gasteiger partial charge in [0.25, 0.3) is 0 Å². The molecule has 0 aliphatic heterocycles. The number of hydrogen-bond acceptors (Lipinski definition) is 5. The van der Waals surface area contributed by atoms with Crippen molar-refractivity contribution in [3.63, 3.8) is 0 Å². The highest BCUT2D eigenvalue weighted by Crippen LogP contribution is 2.40. The van der Waals surface area contributed by atoms with Crippen molar-refractivity contribution < 1.29 is 28.6 Å². The zero-order chi connectivity index (χ0) is 20.6. The number of furan rings is 1. The highest BCUT2D eigenvalue weighted by Gasteiger charge is 2.30. The normalized spacial score (nSPS) is 13.7. The molecule has 0 aliphatic carbocycles. The molecule has 148 valence electrons. The number of aliphatic hydroxyl groups is 1. The fourth-order valence-corrected chi connectivity index (χ4v) is 3.02. The van der Waals surface area contributed by atoms with Crippen LogP contribution < -0.4 is 10.5 Å². The average Bonchev–Trinajstić information content (AvgIpc) is 2.99. The van der Waals surface area contributed by atoms with Gasteiger partial charge >= 0.3 is 5.97 Å². The molecule has 0 fully saturated rings. The van der Waals surface area contributed by atoms with Crippen molar-refractivity contribution >= 4 is 16.9 Å². The van der Waals surface area contributed by atoms with E-state index in [1.165, 1.54) is 30.3 Å². The summed E-state index contributed by atoms with van der Waals surface area (Å²) >= 11 is 0. The first-order valence-corrected chi connectivity index (χ1v) is 8.83. The van der Waals surface area contributed by atoms with Crippen molar-refractivity contribution in [2.75, 3.05) is 6.54 Å². The molecular formula is C21H22FNO5. The van der Waals surface area contributed by atoms with Gasteiger partial charge in [-0.3, -0.25) is 0 Å². The highest BCUT2D eigenvalue weighted by atomic mass is 19.1. The molecule has 1 unspecified atom stereocenters. The Kier molecular flexibility index (Phi) is 5.14. The molecule has 7 heteroatoms. The van der Waals surface area contributed by atoms with Gasteiger partial charge < -0.3 is 25.1 Å². The third-order valence-electron chi connectivity index (χ3n) is 4.45. The van der Waals surface area contributed by atoms with Crippen molar-refractivity contribution in [1.82, 2.24) is 0 Å². The molecule has 3 aromatic rings. The molecule has 0 radical (unpaired) electrons. The number of carboxylic acid groups (broad SMARTS) is 1. The van der Waals surface area contributed by atoms with Crippen molar-refractivity contribution in [3.8, 4) is 17.1 Å². The van der Waals surface area contributed by atoms with E-state index in [2.05, 4.69) is 0 Å². The first kappa shape index (κ1) is 19.9. The van der Waals surface area contributed by atoms with Gasteiger partial charge in [-0.05, 0) is 57.2 Å². The first-order valence-electron chi connectivity index (χ1n) is 8.83. The van der Waals surface area contributed by atoms with E-state index in [0.29, 0.717) is 22.3 Å². The number of benzene rings is 2. The zero-order valence-electron chi connectivity index (χ0n) is 15.8. The molecule has 0 saturated carbocycles. The van der Waals surface area contributed by atoms with E-state index in [1.54, 1.807) is 13.0 Å². The maximum Gasteiger partial charge on any atom is 0.340 e. The van der Waals surface area contributed by atoms with Gasteiger partial charge in [-0.2, -0.15) is 0 Å². The summed E-state index contributed by atoms with van der Waals surface area (Å²) in [5, 5.41) is 20.8. The number of fused-ring (bicyclic) bond motifs is 1. The van der Waals surface area contributed by atoms with E-state index >= 15 is 0 Å². The van der Waals surface area contributed by atoms with Crippen LogP contribution in [0.15, 0.2) is 40.8 Å². The molecule has 0 bridgehead atoms. The number of carbonyl (C=O) groups is 1. The van der Waals surface area contributed by atoms with Crippen LogP contribution in [0.4, 0.5) is 4.39 Å². The Balaban J connectivity index is 2.32. The van der Waals surface area contributed by atoms with Crippen LogP contribution in [0.1, 0.15) is 36.7 Å². The van der Waals surface area contributed by atoms with E-state index in [1.807, 2.05) is 13.8 Å². The lowest BCUT2D eigenvalue weighted by Gasteiger charge is -2.25. The predicted octanol–water partition coefficient (Wildman–Crippen LogP) is 3.89. The third kappa shape index (κ3) is 3.58. The van der Waals surface area contributed by atoms with Crippen LogP contribution in [-0.2, 0) is 5.60 Å². The second-order valence-corrected chi connectivity index (χ2v) is 7.11. The number of carboxylic acids is 1. The van der Waals surface area contributed by atoms with Gasteiger partial charge in [-0.1, -0.05) is 0 Å². The quantitative estimate of drug-likeness (QED) is 0.592. The molecule has 0 spiro atoms. The monoisotopic (exact) mass is 387 g/mol. The highest BCUT2D eigenvalue weighted by molar-refractivity contribution is 6.08. The number of rotatable bonds is 6. The molecule has 1 aromatic heterocycles. The van der Waals surface area contributed by atoms with Crippen LogP contribution in [0.2, 0.25) is 0 Å². The Hall–Kier alpha value is -2.90. The van der Waals surface area contributed by atoms with Gasteiger partial charge in [0.05, 0.1) is 6.10 Å². The van der Waals surface area contributed by atoms with Crippen molar-refractivity contribution in [1.29, 1.82) is 0 Å². The Labute approximate surface area is 161 Å². The fourth-order valence-electron chi connectivity index (χ4n) is 3.02. The lowest BCUT2D eigenvalue weighted by atomic mass is 9.93. The maximum absolute atomic E-state index is 13.3. The summed E-state index contributed by atoms with van der Waals surface area (Å²) in [6.07, 6.45) is -0.207. The molecule has 3 rings (SSSR count). The SMILES string of the molecule is CC(C)Oc1cc2c(C(=O)O)c(-c3ccc(F)cc3)oc2cc1C(C)(O)CN. The van der Waals surface area contributed by atoms with Gasteiger partial charge in [0, 0.05) is 23.1 Å². The van der Waals surface area contributed by atoms with E-state index in [9.17, 15) is 19.4 Å². The molecule has 1 atom stereocenters. The lowest BCUT2D eigenvalue weighted by molar-refractivity contribution is 0.0619. The molecule has 1 heterocycles. The van der Waals surface area contributed by atoms with E-state index in [0.717, 1.165) is 0 Å². The van der Waals surface area contributed by atoms with Crippen LogP contribution in [0, 0.1) is 5.82 Å². The largest absolute Gasteiger partial charge is 0.491 e. The predicted molar refractivity (Wildman–Crippen MR) is 103 cm³/mol. The number of aromatic carboxylic acids is 1. The molecular weight excluding hydrogens is 365 g/mol. The van der Waals surface area contributed by atoms with Gasteiger partial charge in [-0.25, -0.2) is 9.18 Å². The molecule has 0 aliphatic rings. The Morgan fingerprint density at radius 2 is 1.93 bits per heavy atom. The molecule has 4 N–H and O–H groups in total. The summed E-state index contributed by atoms with van der Waals surface area (Å²) in [6, 6.07) is 8.43. The van der Waals surface area contributed by atoms with E-state index < -0.39 is 17.4 Å². The van der Waals surface area contributed by atoms with Crippen molar-refractivity contribution in [2.24, 2.45) is 5.73 Å². The third-order valence-corrected chi connectivity index (χ3v) is 4.45. The smallest absolute Gasteiger partial charge is 0.340 e. The Morgan fingerprint density at radius 3 is 2.46 bits per heavy atom. The van der Waals surface area contributed by atoms with Crippen LogP contribution in [0.3, 0.4) is 0 Å². The second-order valence-electron chi connectivity index (χ2n) is 7.11. The van der Waals surface area contributed by atoms with Crippen molar-refractivity contribution in [3.05, 3.63) is 53.3 Å². The minimum Gasteiger partial charge on any atom is -0.491 e. The summed E-state index contributed by atoms with van der Waals surface area (Å²) in [4.78, 5) is 12.0. The topological polar surface area (TPSA) is 106 Å². The number of hydrogen-bond donors (Lipinski definition) is 3. The zero-order valence-corrected chi connectivity index (χ0v) is 15.8. The minimum absolute atomic E-state index is 0.0610. The van der Waals surface area contributed by atoms with Crippen LogP contribution >= 0.6 is 0 Å². The molecule has 6 nitrogen and oxygen atoms in total.